The Morgan fingerprint density at radius 1 is 1.39 bits per heavy atom. The quantitative estimate of drug-likeness (QED) is 0.863. The average Bonchev–Trinajstić information content (AvgIpc) is 2.23. The Hall–Kier alpha value is -1.11. The number of nitrogens with one attached hydrogen (secondary N) is 2. The molecular weight excluding hydrogens is 276 g/mol. The van der Waals surface area contributed by atoms with E-state index in [9.17, 15) is 13.2 Å². The van der Waals surface area contributed by atoms with Gasteiger partial charge in [-0.15, -0.1) is 0 Å². The molecule has 0 saturated heterocycles. The highest BCUT2D eigenvalue weighted by atomic mass is 35.5. The maximum atomic E-state index is 11.6. The Labute approximate surface area is 112 Å². The Morgan fingerprint density at radius 2 is 2.06 bits per heavy atom. The number of carbonyl (C=O) groups is 1. The van der Waals surface area contributed by atoms with Crippen molar-refractivity contribution in [1.29, 1.82) is 0 Å². The Bertz CT molecular complexity index is 543. The van der Waals surface area contributed by atoms with Gasteiger partial charge >= 0.3 is 0 Å². The summed E-state index contributed by atoms with van der Waals surface area (Å²) >= 11 is 5.92. The van der Waals surface area contributed by atoms with Crippen molar-refractivity contribution in [2.24, 2.45) is 0 Å². The highest BCUT2D eigenvalue weighted by Crippen LogP contribution is 2.22. The summed E-state index contributed by atoms with van der Waals surface area (Å²) in [5.74, 6) is -0.267. The zero-order chi connectivity index (χ0) is 13.8. The summed E-state index contributed by atoms with van der Waals surface area (Å²) in [6.45, 7) is 1.87. The van der Waals surface area contributed by atoms with Gasteiger partial charge < -0.3 is 5.32 Å². The molecule has 5 nitrogen and oxygen atoms in total. The van der Waals surface area contributed by atoms with Crippen LogP contribution in [0.15, 0.2) is 18.2 Å². The van der Waals surface area contributed by atoms with Crippen LogP contribution in [-0.2, 0) is 14.8 Å². The van der Waals surface area contributed by atoms with Gasteiger partial charge in [0.2, 0.25) is 15.9 Å². The molecule has 0 saturated carbocycles. The normalized spacial score (nSPS) is 11.3. The molecule has 0 spiro atoms. The van der Waals surface area contributed by atoms with Gasteiger partial charge in [-0.3, -0.25) is 4.79 Å². The smallest absolute Gasteiger partial charge is 0.225 e. The van der Waals surface area contributed by atoms with Crippen LogP contribution >= 0.6 is 11.6 Å². The molecule has 0 unspecified atom stereocenters. The molecule has 0 aliphatic carbocycles. The van der Waals surface area contributed by atoms with E-state index in [2.05, 4.69) is 10.0 Å². The van der Waals surface area contributed by atoms with E-state index in [-0.39, 0.29) is 18.9 Å². The zero-order valence-electron chi connectivity index (χ0n) is 10.2. The van der Waals surface area contributed by atoms with E-state index >= 15 is 0 Å². The molecule has 0 heterocycles. The maximum Gasteiger partial charge on any atom is 0.225 e. The molecule has 100 valence electrons. The number of anilines is 1. The van der Waals surface area contributed by atoms with Crippen molar-refractivity contribution >= 4 is 33.2 Å². The molecule has 1 aromatic rings. The first-order valence-corrected chi connectivity index (χ1v) is 7.56. The highest BCUT2D eigenvalue weighted by molar-refractivity contribution is 7.88. The van der Waals surface area contributed by atoms with Gasteiger partial charge in [0.05, 0.1) is 6.26 Å². The second kappa shape index (κ2) is 6.17. The lowest BCUT2D eigenvalue weighted by Crippen LogP contribution is -2.26. The number of carbonyl (C=O) groups excluding carboxylic acids is 1. The standard InChI is InChI=1S/C11H15ClN2O3S/c1-8-9(12)4-3-5-10(8)14-11(15)6-7-13-18(2,16)17/h3-5,13H,6-7H2,1-2H3,(H,14,15). The van der Waals surface area contributed by atoms with Crippen molar-refractivity contribution in [1.82, 2.24) is 4.72 Å². The summed E-state index contributed by atoms with van der Waals surface area (Å²) in [7, 11) is -3.26. The van der Waals surface area contributed by atoms with E-state index in [1.807, 2.05) is 0 Å². The van der Waals surface area contributed by atoms with E-state index < -0.39 is 10.0 Å². The first-order chi connectivity index (χ1) is 8.29. The maximum absolute atomic E-state index is 11.6. The zero-order valence-corrected chi connectivity index (χ0v) is 11.7. The van der Waals surface area contributed by atoms with Gasteiger partial charge in [-0.05, 0) is 24.6 Å². The molecule has 2 N–H and O–H groups in total. The number of rotatable bonds is 5. The van der Waals surface area contributed by atoms with Crippen LogP contribution in [-0.4, -0.2) is 27.1 Å². The van der Waals surface area contributed by atoms with Gasteiger partial charge in [0.15, 0.2) is 0 Å². The van der Waals surface area contributed by atoms with Crippen molar-refractivity contribution in [3.05, 3.63) is 28.8 Å². The third-order valence-corrected chi connectivity index (χ3v) is 3.40. The predicted molar refractivity (Wildman–Crippen MR) is 72.3 cm³/mol. The fourth-order valence-electron chi connectivity index (χ4n) is 1.31. The van der Waals surface area contributed by atoms with Crippen LogP contribution in [0.3, 0.4) is 0 Å². The van der Waals surface area contributed by atoms with Crippen LogP contribution in [0.4, 0.5) is 5.69 Å². The van der Waals surface area contributed by atoms with Crippen LogP contribution in [0.25, 0.3) is 0 Å². The molecule has 0 atom stereocenters. The van der Waals surface area contributed by atoms with Crippen LogP contribution in [0, 0.1) is 6.92 Å². The van der Waals surface area contributed by atoms with Crippen LogP contribution in [0.5, 0.6) is 0 Å². The van der Waals surface area contributed by atoms with E-state index in [1.165, 1.54) is 0 Å². The molecule has 0 aliphatic rings. The van der Waals surface area contributed by atoms with Crippen molar-refractivity contribution in [3.8, 4) is 0 Å². The van der Waals surface area contributed by atoms with Gasteiger partial charge in [-0.25, -0.2) is 13.1 Å². The molecule has 0 bridgehead atoms. The minimum Gasteiger partial charge on any atom is -0.326 e. The number of sulfonamides is 1. The molecular formula is C11H15ClN2O3S. The second-order valence-electron chi connectivity index (χ2n) is 3.88. The Morgan fingerprint density at radius 3 is 2.67 bits per heavy atom. The van der Waals surface area contributed by atoms with Gasteiger partial charge in [0, 0.05) is 23.7 Å². The van der Waals surface area contributed by atoms with Crippen molar-refractivity contribution in [2.75, 3.05) is 18.1 Å². The first kappa shape index (κ1) is 14.9. The molecule has 1 amide bonds. The second-order valence-corrected chi connectivity index (χ2v) is 6.12. The fourth-order valence-corrected chi connectivity index (χ4v) is 1.95. The lowest BCUT2D eigenvalue weighted by atomic mass is 10.2. The van der Waals surface area contributed by atoms with Gasteiger partial charge in [0.25, 0.3) is 0 Å². The molecule has 0 radical (unpaired) electrons. The van der Waals surface area contributed by atoms with Gasteiger partial charge in [-0.2, -0.15) is 0 Å². The van der Waals surface area contributed by atoms with Crippen molar-refractivity contribution < 1.29 is 13.2 Å². The van der Waals surface area contributed by atoms with E-state index in [0.717, 1.165) is 11.8 Å². The summed E-state index contributed by atoms with van der Waals surface area (Å²) in [5, 5.41) is 3.25. The van der Waals surface area contributed by atoms with Crippen LogP contribution in [0.1, 0.15) is 12.0 Å². The lowest BCUT2D eigenvalue weighted by molar-refractivity contribution is -0.116. The SMILES string of the molecule is Cc1c(Cl)cccc1NC(=O)CCNS(C)(=O)=O. The highest BCUT2D eigenvalue weighted by Gasteiger charge is 2.07. The van der Waals surface area contributed by atoms with E-state index in [1.54, 1.807) is 25.1 Å². The van der Waals surface area contributed by atoms with E-state index in [0.29, 0.717) is 10.7 Å². The molecule has 18 heavy (non-hydrogen) atoms. The van der Waals surface area contributed by atoms with Crippen LogP contribution < -0.4 is 10.0 Å². The summed E-state index contributed by atoms with van der Waals surface area (Å²) < 4.78 is 23.9. The number of hydrogen-bond donors (Lipinski definition) is 2. The number of halogens is 1. The summed E-state index contributed by atoms with van der Waals surface area (Å²) in [5.41, 5.74) is 1.41. The molecule has 0 aromatic heterocycles. The third kappa shape index (κ3) is 5.03. The van der Waals surface area contributed by atoms with Crippen molar-refractivity contribution in [2.45, 2.75) is 13.3 Å². The molecule has 1 rings (SSSR count). The lowest BCUT2D eigenvalue weighted by Gasteiger charge is -2.09. The minimum atomic E-state index is -3.26. The Kier molecular flexibility index (Phi) is 5.13. The summed E-state index contributed by atoms with van der Waals surface area (Å²) in [6.07, 6.45) is 1.12. The average molecular weight is 291 g/mol. The summed E-state index contributed by atoms with van der Waals surface area (Å²) in [6, 6.07) is 5.21. The molecule has 0 fully saturated rings. The largest absolute Gasteiger partial charge is 0.326 e. The number of amides is 1. The van der Waals surface area contributed by atoms with Crippen molar-refractivity contribution in [3.63, 3.8) is 0 Å². The van der Waals surface area contributed by atoms with Crippen LogP contribution in [0.2, 0.25) is 5.02 Å². The molecule has 1 aromatic carbocycles. The number of benzene rings is 1. The number of hydrogen-bond acceptors (Lipinski definition) is 3. The minimum absolute atomic E-state index is 0.0685. The van der Waals surface area contributed by atoms with E-state index in [4.69, 9.17) is 11.6 Å². The molecule has 0 aliphatic heterocycles. The fraction of sp³-hybridized carbons (Fsp3) is 0.364. The predicted octanol–water partition coefficient (Wildman–Crippen LogP) is 1.53. The topological polar surface area (TPSA) is 75.3 Å². The Balaban J connectivity index is 2.53. The third-order valence-electron chi connectivity index (χ3n) is 2.26. The van der Waals surface area contributed by atoms with Gasteiger partial charge in [-0.1, -0.05) is 17.7 Å². The monoisotopic (exact) mass is 290 g/mol. The first-order valence-electron chi connectivity index (χ1n) is 5.29. The summed E-state index contributed by atoms with van der Waals surface area (Å²) in [4.78, 5) is 11.6. The molecule has 7 heteroatoms. The van der Waals surface area contributed by atoms with Gasteiger partial charge in [0.1, 0.15) is 0 Å².